The molecule has 0 aliphatic heterocycles. The Balaban J connectivity index is 3.10. The maximum atomic E-state index is 13.4. The minimum Gasteiger partial charge on any atom is -0.330 e. The molecule has 0 radical (unpaired) electrons. The summed E-state index contributed by atoms with van der Waals surface area (Å²) in [6.45, 7) is 0.121. The third-order valence-electron chi connectivity index (χ3n) is 1.78. The highest BCUT2D eigenvalue weighted by atomic mass is 79.9. The Morgan fingerprint density at radius 3 is 2.93 bits per heavy atom. The van der Waals surface area contributed by atoms with Crippen molar-refractivity contribution in [2.24, 2.45) is 5.73 Å². The monoisotopic (exact) mass is 277 g/mol. The Hall–Kier alpha value is -1.08. The summed E-state index contributed by atoms with van der Waals surface area (Å²) >= 11 is 3.04. The number of rotatable bonds is 4. The molecule has 0 aliphatic carbocycles. The number of nitrogens with two attached hydrogens (primary N) is 1. The molecule has 0 aliphatic rings. The van der Waals surface area contributed by atoms with Crippen LogP contribution in [-0.2, 0) is 0 Å². The van der Waals surface area contributed by atoms with Crippen molar-refractivity contribution in [3.63, 3.8) is 0 Å². The molecule has 82 valence electrons. The van der Waals surface area contributed by atoms with Gasteiger partial charge in [-0.1, -0.05) is 0 Å². The summed E-state index contributed by atoms with van der Waals surface area (Å²) in [5, 5.41) is 10.6. The number of nitro groups is 1. The van der Waals surface area contributed by atoms with E-state index in [1.807, 2.05) is 0 Å². The zero-order chi connectivity index (χ0) is 11.4. The summed E-state index contributed by atoms with van der Waals surface area (Å²) in [5.41, 5.74) is 4.68. The standard InChI is InChI=1S/C8H9BrFN3O2/c9-5-3-7(13(14)15)8(12-4-5)6(10)1-2-11/h3-4,6H,1-2,11H2. The first-order valence-electron chi connectivity index (χ1n) is 4.20. The SMILES string of the molecule is NCCC(F)c1ncc(Br)cc1[N+](=O)[O-]. The van der Waals surface area contributed by atoms with Gasteiger partial charge in [0.25, 0.3) is 5.69 Å². The Bertz CT molecular complexity index is 375. The molecular weight excluding hydrogens is 269 g/mol. The number of hydrogen-bond acceptors (Lipinski definition) is 4. The number of pyridine rings is 1. The molecule has 0 amide bonds. The van der Waals surface area contributed by atoms with Gasteiger partial charge in [-0.05, 0) is 28.9 Å². The second kappa shape index (κ2) is 5.13. The minimum absolute atomic E-state index is 0.0233. The maximum Gasteiger partial charge on any atom is 0.294 e. The van der Waals surface area contributed by atoms with Crippen LogP contribution in [0.15, 0.2) is 16.7 Å². The molecule has 7 heteroatoms. The van der Waals surface area contributed by atoms with E-state index in [1.165, 1.54) is 12.3 Å². The van der Waals surface area contributed by atoms with E-state index in [4.69, 9.17) is 5.73 Å². The number of alkyl halides is 1. The van der Waals surface area contributed by atoms with Crippen molar-refractivity contribution >= 4 is 21.6 Å². The number of nitrogens with zero attached hydrogens (tertiary/aromatic N) is 2. The molecule has 0 aromatic carbocycles. The first-order valence-corrected chi connectivity index (χ1v) is 4.99. The fourth-order valence-corrected chi connectivity index (χ4v) is 1.43. The fraction of sp³-hybridized carbons (Fsp3) is 0.375. The smallest absolute Gasteiger partial charge is 0.294 e. The summed E-state index contributed by atoms with van der Waals surface area (Å²) < 4.78 is 13.9. The molecule has 1 aromatic heterocycles. The van der Waals surface area contributed by atoms with Gasteiger partial charge in [0, 0.05) is 16.7 Å². The van der Waals surface area contributed by atoms with Crippen molar-refractivity contribution in [1.29, 1.82) is 0 Å². The molecule has 0 bridgehead atoms. The first-order chi connectivity index (χ1) is 7.06. The Morgan fingerprint density at radius 2 is 2.40 bits per heavy atom. The topological polar surface area (TPSA) is 82.0 Å². The van der Waals surface area contributed by atoms with Crippen LogP contribution in [0.25, 0.3) is 0 Å². The molecule has 0 saturated carbocycles. The van der Waals surface area contributed by atoms with Crippen molar-refractivity contribution in [3.05, 3.63) is 32.5 Å². The van der Waals surface area contributed by atoms with E-state index in [9.17, 15) is 14.5 Å². The van der Waals surface area contributed by atoms with Crippen molar-refractivity contribution < 1.29 is 9.31 Å². The highest BCUT2D eigenvalue weighted by Gasteiger charge is 2.23. The van der Waals surface area contributed by atoms with Gasteiger partial charge in [-0.2, -0.15) is 0 Å². The Labute approximate surface area is 93.8 Å². The lowest BCUT2D eigenvalue weighted by atomic mass is 10.1. The molecule has 0 saturated heterocycles. The predicted molar refractivity (Wildman–Crippen MR) is 56.1 cm³/mol. The molecule has 1 atom stereocenters. The second-order valence-corrected chi connectivity index (χ2v) is 3.78. The van der Waals surface area contributed by atoms with Crippen LogP contribution in [0.5, 0.6) is 0 Å². The first kappa shape index (κ1) is 12.0. The number of aromatic nitrogens is 1. The maximum absolute atomic E-state index is 13.4. The summed E-state index contributed by atoms with van der Waals surface area (Å²) in [7, 11) is 0. The zero-order valence-electron chi connectivity index (χ0n) is 7.69. The van der Waals surface area contributed by atoms with Gasteiger partial charge < -0.3 is 5.73 Å². The minimum atomic E-state index is -1.50. The average molecular weight is 278 g/mol. The highest BCUT2D eigenvalue weighted by Crippen LogP contribution is 2.29. The van der Waals surface area contributed by atoms with Crippen molar-refractivity contribution in [3.8, 4) is 0 Å². The quantitative estimate of drug-likeness (QED) is 0.675. The number of hydrogen-bond donors (Lipinski definition) is 1. The predicted octanol–water partition coefficient (Wildman–Crippen LogP) is 2.11. The van der Waals surface area contributed by atoms with Crippen LogP contribution in [0.1, 0.15) is 18.3 Å². The lowest BCUT2D eigenvalue weighted by Gasteiger charge is -2.06. The average Bonchev–Trinajstić information content (AvgIpc) is 2.17. The van der Waals surface area contributed by atoms with Crippen LogP contribution in [0.2, 0.25) is 0 Å². The molecule has 5 nitrogen and oxygen atoms in total. The van der Waals surface area contributed by atoms with Crippen LogP contribution in [0.4, 0.5) is 10.1 Å². The molecule has 2 N–H and O–H groups in total. The van der Waals surface area contributed by atoms with E-state index in [0.717, 1.165) is 0 Å². The molecule has 0 spiro atoms. The third-order valence-corrected chi connectivity index (χ3v) is 2.21. The van der Waals surface area contributed by atoms with Gasteiger partial charge in [0.2, 0.25) is 0 Å². The van der Waals surface area contributed by atoms with Gasteiger partial charge in [-0.15, -0.1) is 0 Å². The van der Waals surface area contributed by atoms with Crippen LogP contribution in [0.3, 0.4) is 0 Å². The molecule has 1 rings (SSSR count). The van der Waals surface area contributed by atoms with E-state index in [1.54, 1.807) is 0 Å². The molecular formula is C8H9BrFN3O2. The van der Waals surface area contributed by atoms with Gasteiger partial charge in [0.1, 0.15) is 0 Å². The lowest BCUT2D eigenvalue weighted by Crippen LogP contribution is -2.07. The molecule has 1 heterocycles. The zero-order valence-corrected chi connectivity index (χ0v) is 9.28. The van der Waals surface area contributed by atoms with Crippen LogP contribution < -0.4 is 5.73 Å². The van der Waals surface area contributed by atoms with E-state index in [0.29, 0.717) is 4.47 Å². The largest absolute Gasteiger partial charge is 0.330 e. The number of halogens is 2. The Kier molecular flexibility index (Phi) is 4.10. The van der Waals surface area contributed by atoms with Gasteiger partial charge in [-0.3, -0.25) is 10.1 Å². The van der Waals surface area contributed by atoms with Crippen molar-refractivity contribution in [2.45, 2.75) is 12.6 Å². The summed E-state index contributed by atoms with van der Waals surface area (Å²) in [6, 6.07) is 1.23. The summed E-state index contributed by atoms with van der Waals surface area (Å²) in [5.74, 6) is 0. The fourth-order valence-electron chi connectivity index (χ4n) is 1.11. The van der Waals surface area contributed by atoms with Gasteiger partial charge in [0.15, 0.2) is 11.9 Å². The van der Waals surface area contributed by atoms with Crippen molar-refractivity contribution in [1.82, 2.24) is 4.98 Å². The Morgan fingerprint density at radius 1 is 1.73 bits per heavy atom. The summed E-state index contributed by atoms with van der Waals surface area (Å²) in [4.78, 5) is 13.7. The van der Waals surface area contributed by atoms with Gasteiger partial charge in [0.05, 0.1) is 4.92 Å². The van der Waals surface area contributed by atoms with Crippen molar-refractivity contribution in [2.75, 3.05) is 6.54 Å². The molecule has 0 fully saturated rings. The third kappa shape index (κ3) is 2.93. The normalized spacial score (nSPS) is 12.5. The van der Waals surface area contributed by atoms with Gasteiger partial charge >= 0.3 is 0 Å². The van der Waals surface area contributed by atoms with E-state index >= 15 is 0 Å². The second-order valence-electron chi connectivity index (χ2n) is 2.86. The van der Waals surface area contributed by atoms with Crippen LogP contribution in [-0.4, -0.2) is 16.5 Å². The molecule has 1 aromatic rings. The highest BCUT2D eigenvalue weighted by molar-refractivity contribution is 9.10. The lowest BCUT2D eigenvalue weighted by molar-refractivity contribution is -0.386. The van der Waals surface area contributed by atoms with E-state index in [2.05, 4.69) is 20.9 Å². The molecule has 1 unspecified atom stereocenters. The van der Waals surface area contributed by atoms with Gasteiger partial charge in [-0.25, -0.2) is 9.37 Å². The van der Waals surface area contributed by atoms with Crippen LogP contribution in [0, 0.1) is 10.1 Å². The van der Waals surface area contributed by atoms with Crippen LogP contribution >= 0.6 is 15.9 Å². The van der Waals surface area contributed by atoms with E-state index in [-0.39, 0.29) is 24.3 Å². The van der Waals surface area contributed by atoms with E-state index < -0.39 is 11.1 Å². The molecule has 15 heavy (non-hydrogen) atoms. The summed E-state index contributed by atoms with van der Waals surface area (Å²) in [6.07, 6.45) is -0.149.